The van der Waals surface area contributed by atoms with Gasteiger partial charge in [0.2, 0.25) is 0 Å². The molecule has 40 heavy (non-hydrogen) atoms. The maximum absolute atomic E-state index is 12.9. The van der Waals surface area contributed by atoms with Crippen LogP contribution in [-0.4, -0.2) is 73.0 Å². The standard InChI is InChI=1S/C32H44F3N3O2/c1-23-24(2)30(40-22-8-17-36(4)28-9-6-5-7-10-28)16-15-29(23)25(3)37-18-20-38(21-19-37)31(39)26-11-13-27(14-12-26)32(33,34)35/h11-16,25,28H,5-10,17-22H2,1-4H3. The van der Waals surface area contributed by atoms with Crippen LogP contribution in [0.4, 0.5) is 13.2 Å². The largest absolute Gasteiger partial charge is 0.493 e. The van der Waals surface area contributed by atoms with Gasteiger partial charge < -0.3 is 14.5 Å². The zero-order valence-electron chi connectivity index (χ0n) is 24.4. The van der Waals surface area contributed by atoms with Gasteiger partial charge in [-0.3, -0.25) is 9.69 Å². The van der Waals surface area contributed by atoms with Crippen molar-refractivity contribution in [3.8, 4) is 5.75 Å². The molecule has 5 nitrogen and oxygen atoms in total. The molecule has 1 saturated carbocycles. The lowest BCUT2D eigenvalue weighted by Gasteiger charge is -2.39. The van der Waals surface area contributed by atoms with Crippen molar-refractivity contribution in [1.82, 2.24) is 14.7 Å². The molecule has 1 saturated heterocycles. The SMILES string of the molecule is Cc1c(OCCCN(C)C2CCCCC2)ccc(C(C)N2CCN(C(=O)c3ccc(C(F)(F)F)cc3)CC2)c1C. The number of nitrogens with zero attached hydrogens (tertiary/aromatic N) is 3. The Morgan fingerprint density at radius 1 is 0.975 bits per heavy atom. The molecule has 8 heteroatoms. The molecular formula is C32H44F3N3O2. The van der Waals surface area contributed by atoms with Crippen LogP contribution in [0, 0.1) is 13.8 Å². The maximum Gasteiger partial charge on any atom is 0.416 e. The predicted molar refractivity (Wildman–Crippen MR) is 153 cm³/mol. The van der Waals surface area contributed by atoms with Crippen LogP contribution in [0.1, 0.15) is 84.1 Å². The Kier molecular flexibility index (Phi) is 10.2. The summed E-state index contributed by atoms with van der Waals surface area (Å²) in [5.74, 6) is 0.722. The summed E-state index contributed by atoms with van der Waals surface area (Å²) in [7, 11) is 2.24. The normalized spacial score (nSPS) is 18.2. The maximum atomic E-state index is 12.9. The number of carbonyl (C=O) groups excluding carboxylic acids is 1. The number of carbonyl (C=O) groups is 1. The smallest absolute Gasteiger partial charge is 0.416 e. The van der Waals surface area contributed by atoms with Crippen molar-refractivity contribution in [1.29, 1.82) is 0 Å². The molecule has 2 aromatic carbocycles. The van der Waals surface area contributed by atoms with Crippen LogP contribution in [0.3, 0.4) is 0 Å². The molecule has 0 N–H and O–H groups in total. The monoisotopic (exact) mass is 559 g/mol. The van der Waals surface area contributed by atoms with Gasteiger partial charge in [0.15, 0.2) is 0 Å². The van der Waals surface area contributed by atoms with Crippen molar-refractivity contribution < 1.29 is 22.7 Å². The third-order valence-corrected chi connectivity index (χ3v) is 8.95. The molecular weight excluding hydrogens is 515 g/mol. The number of ether oxygens (including phenoxy) is 1. The average Bonchev–Trinajstić information content (AvgIpc) is 2.96. The number of halogens is 3. The molecule has 0 radical (unpaired) electrons. The summed E-state index contributed by atoms with van der Waals surface area (Å²) in [5.41, 5.74) is 3.20. The summed E-state index contributed by atoms with van der Waals surface area (Å²) >= 11 is 0. The van der Waals surface area contributed by atoms with E-state index in [1.807, 2.05) is 0 Å². The Balaban J connectivity index is 1.27. The zero-order chi connectivity index (χ0) is 28.9. The van der Waals surface area contributed by atoms with Crippen molar-refractivity contribution in [3.63, 3.8) is 0 Å². The first-order chi connectivity index (χ1) is 19.1. The molecule has 1 atom stereocenters. The average molecular weight is 560 g/mol. The van der Waals surface area contributed by atoms with Gasteiger partial charge in [0, 0.05) is 50.4 Å². The van der Waals surface area contributed by atoms with Gasteiger partial charge in [-0.05, 0) is 94.1 Å². The molecule has 1 unspecified atom stereocenters. The number of amides is 1. The molecule has 1 amide bonds. The highest BCUT2D eigenvalue weighted by atomic mass is 19.4. The first-order valence-electron chi connectivity index (χ1n) is 14.7. The molecule has 2 fully saturated rings. The Labute approximate surface area is 237 Å². The van der Waals surface area contributed by atoms with Crippen LogP contribution < -0.4 is 4.74 Å². The Morgan fingerprint density at radius 2 is 1.62 bits per heavy atom. The van der Waals surface area contributed by atoms with Crippen molar-refractivity contribution in [2.45, 2.75) is 77.6 Å². The van der Waals surface area contributed by atoms with Gasteiger partial charge in [-0.2, -0.15) is 13.2 Å². The van der Waals surface area contributed by atoms with E-state index >= 15 is 0 Å². The highest BCUT2D eigenvalue weighted by Crippen LogP contribution is 2.32. The number of benzene rings is 2. The van der Waals surface area contributed by atoms with Crippen LogP contribution in [0.15, 0.2) is 36.4 Å². The minimum absolute atomic E-state index is 0.181. The lowest BCUT2D eigenvalue weighted by Crippen LogP contribution is -2.49. The van der Waals surface area contributed by atoms with Crippen LogP contribution >= 0.6 is 0 Å². The van der Waals surface area contributed by atoms with E-state index < -0.39 is 11.7 Å². The molecule has 1 aliphatic carbocycles. The summed E-state index contributed by atoms with van der Waals surface area (Å²) in [5, 5.41) is 0. The third-order valence-electron chi connectivity index (χ3n) is 8.95. The van der Waals surface area contributed by atoms with E-state index in [2.05, 4.69) is 49.8 Å². The van der Waals surface area contributed by atoms with Gasteiger partial charge in [0.05, 0.1) is 12.2 Å². The fraction of sp³-hybridized carbons (Fsp3) is 0.594. The molecule has 2 aromatic rings. The highest BCUT2D eigenvalue weighted by Gasteiger charge is 2.31. The summed E-state index contributed by atoms with van der Waals surface area (Å²) in [4.78, 5) is 19.5. The first-order valence-corrected chi connectivity index (χ1v) is 14.7. The summed E-state index contributed by atoms with van der Waals surface area (Å²) in [6.45, 7) is 10.7. The van der Waals surface area contributed by atoms with E-state index in [1.54, 1.807) is 4.90 Å². The van der Waals surface area contributed by atoms with Crippen LogP contribution in [0.25, 0.3) is 0 Å². The summed E-state index contributed by atoms with van der Waals surface area (Å²) < 4.78 is 44.8. The first kappa shape index (κ1) is 30.4. The molecule has 0 aromatic heterocycles. The number of rotatable bonds is 9. The molecule has 4 rings (SSSR count). The predicted octanol–water partition coefficient (Wildman–Crippen LogP) is 6.87. The van der Waals surface area contributed by atoms with Crippen molar-refractivity contribution >= 4 is 5.91 Å². The second-order valence-electron chi connectivity index (χ2n) is 11.5. The zero-order valence-corrected chi connectivity index (χ0v) is 24.4. The lowest BCUT2D eigenvalue weighted by atomic mass is 9.94. The van der Waals surface area contributed by atoms with Crippen LogP contribution in [0.5, 0.6) is 5.75 Å². The second-order valence-corrected chi connectivity index (χ2v) is 11.5. The molecule has 1 heterocycles. The Hall–Kier alpha value is -2.58. The van der Waals surface area contributed by atoms with Gasteiger partial charge in [0.25, 0.3) is 5.91 Å². The summed E-state index contributed by atoms with van der Waals surface area (Å²) in [6.07, 6.45) is 3.33. The number of hydrogen-bond acceptors (Lipinski definition) is 4. The van der Waals surface area contributed by atoms with Gasteiger partial charge in [-0.1, -0.05) is 25.3 Å². The van der Waals surface area contributed by atoms with E-state index in [0.717, 1.165) is 36.9 Å². The minimum Gasteiger partial charge on any atom is -0.493 e. The fourth-order valence-corrected chi connectivity index (χ4v) is 6.12. The number of hydrogen-bond donors (Lipinski definition) is 0. The van der Waals surface area contributed by atoms with Crippen LogP contribution in [-0.2, 0) is 6.18 Å². The molecule has 2 aliphatic rings. The van der Waals surface area contributed by atoms with Crippen molar-refractivity contribution in [2.24, 2.45) is 0 Å². The van der Waals surface area contributed by atoms with E-state index in [-0.39, 0.29) is 17.5 Å². The topological polar surface area (TPSA) is 36.0 Å². The second kappa shape index (κ2) is 13.4. The minimum atomic E-state index is -4.41. The van der Waals surface area contributed by atoms with Gasteiger partial charge in [-0.25, -0.2) is 0 Å². The summed E-state index contributed by atoms with van der Waals surface area (Å²) in [6, 6.07) is 9.64. The Bertz CT molecular complexity index is 1120. The molecule has 1 aliphatic heterocycles. The van der Waals surface area contributed by atoms with Crippen molar-refractivity contribution in [3.05, 3.63) is 64.2 Å². The molecule has 0 spiro atoms. The molecule has 220 valence electrons. The lowest BCUT2D eigenvalue weighted by molar-refractivity contribution is -0.137. The van der Waals surface area contributed by atoms with E-state index in [4.69, 9.17) is 4.74 Å². The molecule has 0 bridgehead atoms. The van der Waals surface area contributed by atoms with E-state index in [0.29, 0.717) is 32.8 Å². The number of alkyl halides is 3. The van der Waals surface area contributed by atoms with Gasteiger partial charge in [0.1, 0.15) is 5.75 Å². The highest BCUT2D eigenvalue weighted by molar-refractivity contribution is 5.94. The quantitative estimate of drug-likeness (QED) is 0.314. The fourth-order valence-electron chi connectivity index (χ4n) is 6.12. The van der Waals surface area contributed by atoms with Crippen LogP contribution in [0.2, 0.25) is 0 Å². The van der Waals surface area contributed by atoms with E-state index in [9.17, 15) is 18.0 Å². The number of piperazine rings is 1. The Morgan fingerprint density at radius 3 is 2.25 bits per heavy atom. The third kappa shape index (κ3) is 7.38. The van der Waals surface area contributed by atoms with E-state index in [1.165, 1.54) is 60.9 Å². The van der Waals surface area contributed by atoms with Crippen molar-refractivity contribution in [2.75, 3.05) is 46.4 Å². The van der Waals surface area contributed by atoms with Gasteiger partial charge >= 0.3 is 6.18 Å². The van der Waals surface area contributed by atoms with Gasteiger partial charge in [-0.15, -0.1) is 0 Å².